The van der Waals surface area contributed by atoms with Crippen LogP contribution in [-0.2, 0) is 0 Å². The molecule has 3 nitrogen and oxygen atoms in total. The molecule has 1 amide bonds. The lowest BCUT2D eigenvalue weighted by Crippen LogP contribution is -2.32. The number of amides is 1. The van der Waals surface area contributed by atoms with E-state index in [0.717, 1.165) is 16.0 Å². The van der Waals surface area contributed by atoms with E-state index in [9.17, 15) is 4.79 Å². The van der Waals surface area contributed by atoms with Crippen molar-refractivity contribution in [3.8, 4) is 0 Å². The van der Waals surface area contributed by atoms with Crippen molar-refractivity contribution in [3.63, 3.8) is 0 Å². The molecule has 0 aromatic heterocycles. The van der Waals surface area contributed by atoms with Gasteiger partial charge in [0.25, 0.3) is 5.91 Å². The molecule has 0 aliphatic rings. The number of nitrogens with one attached hydrogen (secondary N) is 1. The van der Waals surface area contributed by atoms with E-state index in [4.69, 9.17) is 5.11 Å². The fourth-order valence-corrected chi connectivity index (χ4v) is 1.70. The molecule has 0 heterocycles. The molecule has 0 saturated carbocycles. The molecule has 1 aromatic carbocycles. The molecule has 0 radical (unpaired) electrons. The van der Waals surface area contributed by atoms with Crippen LogP contribution in [0.15, 0.2) is 12.1 Å². The monoisotopic (exact) mass is 219 g/mol. The third kappa shape index (κ3) is 2.49. The lowest BCUT2D eigenvalue weighted by Gasteiger charge is -2.07. The Morgan fingerprint density at radius 2 is 2.25 bits per heavy atom. The Morgan fingerprint density at radius 3 is 2.81 bits per heavy atom. The summed E-state index contributed by atoms with van der Waals surface area (Å²) in [6.45, 7) is 7.96. The molecule has 0 aliphatic carbocycles. The first-order valence-corrected chi connectivity index (χ1v) is 5.25. The van der Waals surface area contributed by atoms with E-state index in [1.54, 1.807) is 6.07 Å². The molecule has 0 fully saturated rings. The van der Waals surface area contributed by atoms with E-state index in [2.05, 4.69) is 11.9 Å². The number of rotatable bonds is 3. The van der Waals surface area contributed by atoms with Gasteiger partial charge in [0.2, 0.25) is 0 Å². The summed E-state index contributed by atoms with van der Waals surface area (Å²) in [5, 5.41) is 13.2. The number of carbonyl (C=O) groups is 1. The van der Waals surface area contributed by atoms with Gasteiger partial charge in [-0.25, -0.2) is 0 Å². The van der Waals surface area contributed by atoms with Crippen LogP contribution in [0.4, 0.5) is 0 Å². The highest BCUT2D eigenvalue weighted by Crippen LogP contribution is 2.00. The summed E-state index contributed by atoms with van der Waals surface area (Å²) in [7, 11) is 0. The zero-order valence-corrected chi connectivity index (χ0v) is 9.71. The van der Waals surface area contributed by atoms with Gasteiger partial charge in [-0.05, 0) is 35.9 Å². The summed E-state index contributed by atoms with van der Waals surface area (Å²) in [6.07, 6.45) is 1.94. The van der Waals surface area contributed by atoms with Gasteiger partial charge in [-0.2, -0.15) is 0 Å². The first-order valence-electron chi connectivity index (χ1n) is 5.25. The van der Waals surface area contributed by atoms with Crippen LogP contribution in [0.25, 0.3) is 12.7 Å². The summed E-state index contributed by atoms with van der Waals surface area (Å²) < 4.78 is 0. The van der Waals surface area contributed by atoms with Gasteiger partial charge < -0.3 is 10.4 Å². The van der Waals surface area contributed by atoms with Gasteiger partial charge >= 0.3 is 0 Å². The minimum Gasteiger partial charge on any atom is -0.395 e. The second-order valence-electron chi connectivity index (χ2n) is 3.58. The highest BCUT2D eigenvalue weighted by molar-refractivity contribution is 5.95. The molecule has 1 aromatic rings. The van der Waals surface area contributed by atoms with E-state index in [1.807, 2.05) is 26.0 Å². The van der Waals surface area contributed by atoms with Crippen LogP contribution < -0.4 is 15.8 Å². The van der Waals surface area contributed by atoms with Gasteiger partial charge in [-0.1, -0.05) is 18.7 Å². The van der Waals surface area contributed by atoms with Crippen LogP contribution in [0.5, 0.6) is 0 Å². The van der Waals surface area contributed by atoms with Crippen molar-refractivity contribution in [2.75, 3.05) is 13.2 Å². The normalized spacial score (nSPS) is 11.6. The van der Waals surface area contributed by atoms with Gasteiger partial charge in [0, 0.05) is 12.1 Å². The third-order valence-corrected chi connectivity index (χ3v) is 2.54. The lowest BCUT2D eigenvalue weighted by atomic mass is 10.0. The smallest absolute Gasteiger partial charge is 0.251 e. The second kappa shape index (κ2) is 5.47. The van der Waals surface area contributed by atoms with Crippen molar-refractivity contribution < 1.29 is 9.90 Å². The highest BCUT2D eigenvalue weighted by Gasteiger charge is 2.08. The van der Waals surface area contributed by atoms with E-state index in [0.29, 0.717) is 5.56 Å². The topological polar surface area (TPSA) is 49.3 Å². The number of benzene rings is 1. The van der Waals surface area contributed by atoms with E-state index >= 15 is 0 Å². The van der Waals surface area contributed by atoms with Crippen molar-refractivity contribution in [3.05, 3.63) is 33.7 Å². The molecular weight excluding hydrogens is 202 g/mol. The molecule has 0 spiro atoms. The van der Waals surface area contributed by atoms with Crippen molar-refractivity contribution in [1.82, 2.24) is 5.32 Å². The van der Waals surface area contributed by atoms with Gasteiger partial charge in [0.15, 0.2) is 0 Å². The number of hydrogen-bond acceptors (Lipinski definition) is 2. The summed E-state index contributed by atoms with van der Waals surface area (Å²) >= 11 is 0. The molecule has 86 valence electrons. The Kier molecular flexibility index (Phi) is 4.26. The van der Waals surface area contributed by atoms with Gasteiger partial charge in [-0.3, -0.25) is 4.79 Å². The average molecular weight is 219 g/mol. The van der Waals surface area contributed by atoms with Crippen LogP contribution in [0.3, 0.4) is 0 Å². The van der Waals surface area contributed by atoms with E-state index in [-0.39, 0.29) is 19.1 Å². The highest BCUT2D eigenvalue weighted by atomic mass is 16.3. The maximum atomic E-state index is 11.7. The predicted molar refractivity (Wildman–Crippen MR) is 65.5 cm³/mol. The van der Waals surface area contributed by atoms with Crippen LogP contribution in [0.1, 0.15) is 22.8 Å². The molecule has 0 unspecified atom stereocenters. The molecule has 3 heteroatoms. The predicted octanol–water partition coefficient (Wildman–Crippen LogP) is -0.0722. The maximum Gasteiger partial charge on any atom is 0.251 e. The average Bonchev–Trinajstić information content (AvgIpc) is 2.26. The second-order valence-corrected chi connectivity index (χ2v) is 3.58. The quantitative estimate of drug-likeness (QED) is 0.747. The van der Waals surface area contributed by atoms with Gasteiger partial charge in [0.1, 0.15) is 0 Å². The fourth-order valence-electron chi connectivity index (χ4n) is 1.70. The molecule has 2 N–H and O–H groups in total. The van der Waals surface area contributed by atoms with Crippen molar-refractivity contribution in [2.24, 2.45) is 0 Å². The van der Waals surface area contributed by atoms with E-state index in [1.165, 1.54) is 0 Å². The molecule has 0 aliphatic heterocycles. The van der Waals surface area contributed by atoms with Gasteiger partial charge in [-0.15, -0.1) is 0 Å². The Hall–Kier alpha value is -1.61. The summed E-state index contributed by atoms with van der Waals surface area (Å²) in [4.78, 5) is 11.7. The van der Waals surface area contributed by atoms with Crippen molar-refractivity contribution in [2.45, 2.75) is 13.8 Å². The summed E-state index contributed by atoms with van der Waals surface area (Å²) in [6, 6.07) is 3.59. The minimum atomic E-state index is -0.158. The third-order valence-electron chi connectivity index (χ3n) is 2.54. The van der Waals surface area contributed by atoms with Crippen LogP contribution in [0.2, 0.25) is 0 Å². The van der Waals surface area contributed by atoms with E-state index < -0.39 is 0 Å². The largest absolute Gasteiger partial charge is 0.395 e. The number of aliphatic hydroxyl groups excluding tert-OH is 1. The first kappa shape index (κ1) is 12.5. The molecular formula is C13H17NO2. The lowest BCUT2D eigenvalue weighted by molar-refractivity contribution is 0.0944. The van der Waals surface area contributed by atoms with Crippen LogP contribution in [-0.4, -0.2) is 24.2 Å². The number of aliphatic hydroxyl groups is 1. The van der Waals surface area contributed by atoms with Crippen LogP contribution in [0, 0.1) is 6.92 Å². The SMILES string of the molecule is C=c1ccc(C(=O)NCCO)c(C)/c1=C/C. The summed E-state index contributed by atoms with van der Waals surface area (Å²) in [5.41, 5.74) is 1.55. The maximum absolute atomic E-state index is 11.7. The zero-order chi connectivity index (χ0) is 12.1. The summed E-state index contributed by atoms with van der Waals surface area (Å²) in [5.74, 6) is -0.158. The Morgan fingerprint density at radius 1 is 1.56 bits per heavy atom. The molecule has 0 saturated heterocycles. The van der Waals surface area contributed by atoms with Crippen molar-refractivity contribution >= 4 is 18.6 Å². The molecule has 16 heavy (non-hydrogen) atoms. The standard InChI is InChI=1S/C13H17NO2/c1-4-11-9(2)5-6-12(10(11)3)13(16)14-7-8-15/h4-6,15H,2,7-8H2,1,3H3,(H,14,16)/b11-4+. The Bertz CT molecular complexity index is 491. The van der Waals surface area contributed by atoms with Crippen LogP contribution >= 0.6 is 0 Å². The molecule has 0 bridgehead atoms. The fraction of sp³-hybridized carbons (Fsp3) is 0.308. The zero-order valence-electron chi connectivity index (χ0n) is 9.71. The van der Waals surface area contributed by atoms with Crippen molar-refractivity contribution in [1.29, 1.82) is 0 Å². The first-order chi connectivity index (χ1) is 7.61. The molecule has 0 atom stereocenters. The number of hydrogen-bond donors (Lipinski definition) is 2. The van der Waals surface area contributed by atoms with Gasteiger partial charge in [0.05, 0.1) is 6.61 Å². The minimum absolute atomic E-state index is 0.0506. The number of carbonyl (C=O) groups excluding carboxylic acids is 1. The Balaban J connectivity index is 3.17. The Labute approximate surface area is 95.1 Å². The molecule has 1 rings (SSSR count).